The molecule has 0 aromatic heterocycles. The Morgan fingerprint density at radius 1 is 1.17 bits per heavy atom. The molecule has 3 rings (SSSR count). The topological polar surface area (TPSA) is 49.4 Å². The van der Waals surface area contributed by atoms with Gasteiger partial charge in [0.2, 0.25) is 0 Å². The summed E-state index contributed by atoms with van der Waals surface area (Å²) in [5.41, 5.74) is 3.94. The fourth-order valence-electron chi connectivity index (χ4n) is 3.46. The van der Waals surface area contributed by atoms with E-state index < -0.39 is 10.2 Å². The van der Waals surface area contributed by atoms with E-state index in [0.29, 0.717) is 19.6 Å². The van der Waals surface area contributed by atoms with Crippen molar-refractivity contribution in [2.24, 2.45) is 5.92 Å². The molecule has 1 saturated heterocycles. The van der Waals surface area contributed by atoms with E-state index in [4.69, 9.17) is 0 Å². The van der Waals surface area contributed by atoms with Gasteiger partial charge in [-0.2, -0.15) is 12.7 Å². The number of hydrogen-bond donors (Lipinski definition) is 1. The minimum atomic E-state index is -3.29. The predicted octanol–water partition coefficient (Wildman–Crippen LogP) is 3.36. The average molecular weight is 349 g/mol. The van der Waals surface area contributed by atoms with E-state index >= 15 is 0 Å². The van der Waals surface area contributed by atoms with Crippen LogP contribution in [-0.4, -0.2) is 32.4 Å². The zero-order valence-corrected chi connectivity index (χ0v) is 15.3. The molecule has 1 aromatic carbocycles. The van der Waals surface area contributed by atoms with E-state index in [1.165, 1.54) is 29.5 Å². The molecule has 0 saturated carbocycles. The first-order valence-electron chi connectivity index (χ1n) is 9.08. The quantitative estimate of drug-likeness (QED) is 0.857. The number of hydrogen-bond acceptors (Lipinski definition) is 2. The molecule has 1 atom stereocenters. The first-order valence-corrected chi connectivity index (χ1v) is 10.5. The van der Waals surface area contributed by atoms with Gasteiger partial charge in [0.1, 0.15) is 0 Å². The highest BCUT2D eigenvalue weighted by Crippen LogP contribution is 2.29. The second kappa shape index (κ2) is 7.81. The second-order valence-electron chi connectivity index (χ2n) is 7.06. The van der Waals surface area contributed by atoms with Crippen molar-refractivity contribution in [2.45, 2.75) is 45.4 Å². The Labute approximate surface area is 146 Å². The molecular weight excluding hydrogens is 320 g/mol. The fraction of sp³-hybridized carbons (Fsp3) is 0.579. The van der Waals surface area contributed by atoms with Gasteiger partial charge in [0.25, 0.3) is 10.2 Å². The van der Waals surface area contributed by atoms with Crippen molar-refractivity contribution in [1.82, 2.24) is 9.03 Å². The largest absolute Gasteiger partial charge is 0.279 e. The van der Waals surface area contributed by atoms with Gasteiger partial charge in [0, 0.05) is 19.6 Å². The van der Waals surface area contributed by atoms with Crippen LogP contribution >= 0.6 is 0 Å². The smallest absolute Gasteiger partial charge is 0.202 e. The summed E-state index contributed by atoms with van der Waals surface area (Å²) < 4.78 is 28.5. The zero-order valence-electron chi connectivity index (χ0n) is 14.5. The molecule has 5 heteroatoms. The van der Waals surface area contributed by atoms with Crippen LogP contribution in [0.25, 0.3) is 5.57 Å². The Morgan fingerprint density at radius 3 is 2.50 bits per heavy atom. The molecular formula is C19H28N2O2S. The van der Waals surface area contributed by atoms with Crippen LogP contribution in [0.2, 0.25) is 0 Å². The Hall–Kier alpha value is -1.17. The lowest BCUT2D eigenvalue weighted by molar-refractivity contribution is 0.465. The van der Waals surface area contributed by atoms with Crippen LogP contribution in [0, 0.1) is 5.92 Å². The van der Waals surface area contributed by atoms with Crippen LogP contribution in [0.5, 0.6) is 0 Å². The maximum Gasteiger partial charge on any atom is 0.279 e. The Bertz CT molecular complexity index is 674. The van der Waals surface area contributed by atoms with Gasteiger partial charge in [-0.25, -0.2) is 4.72 Å². The van der Waals surface area contributed by atoms with E-state index in [-0.39, 0.29) is 0 Å². The summed E-state index contributed by atoms with van der Waals surface area (Å²) in [5.74, 6) is 0.802. The lowest BCUT2D eigenvalue weighted by atomic mass is 9.87. The van der Waals surface area contributed by atoms with E-state index in [9.17, 15) is 8.42 Å². The number of nitrogens with one attached hydrogen (secondary N) is 1. The summed E-state index contributed by atoms with van der Waals surface area (Å²) in [6, 6.07) is 8.59. The third-order valence-corrected chi connectivity index (χ3v) is 6.71. The SMILES string of the molecule is CC1CC=C(c2ccc(CCNS(=O)(=O)N3CCCC3)cc2)CC1. The maximum atomic E-state index is 12.1. The number of benzene rings is 1. The first-order chi connectivity index (χ1) is 11.5. The van der Waals surface area contributed by atoms with Crippen LogP contribution in [0.3, 0.4) is 0 Å². The average Bonchev–Trinajstić information content (AvgIpc) is 3.12. The highest BCUT2D eigenvalue weighted by atomic mass is 32.2. The summed E-state index contributed by atoms with van der Waals surface area (Å²) in [6.45, 7) is 4.06. The van der Waals surface area contributed by atoms with Crippen LogP contribution in [0.1, 0.15) is 50.2 Å². The van der Waals surface area contributed by atoms with E-state index in [1.54, 1.807) is 4.31 Å². The Morgan fingerprint density at radius 2 is 1.88 bits per heavy atom. The lowest BCUT2D eigenvalue weighted by Gasteiger charge is -2.18. The van der Waals surface area contributed by atoms with Crippen molar-refractivity contribution in [1.29, 1.82) is 0 Å². The number of rotatable bonds is 6. The van der Waals surface area contributed by atoms with Gasteiger partial charge in [-0.3, -0.25) is 0 Å². The van der Waals surface area contributed by atoms with Crippen molar-refractivity contribution < 1.29 is 8.42 Å². The maximum absolute atomic E-state index is 12.1. The molecule has 1 aromatic rings. The third kappa shape index (κ3) is 4.47. The number of allylic oxidation sites excluding steroid dienone is 2. The van der Waals surface area contributed by atoms with Crippen LogP contribution in [0.15, 0.2) is 30.3 Å². The van der Waals surface area contributed by atoms with Gasteiger partial charge in [-0.15, -0.1) is 0 Å². The Kier molecular flexibility index (Phi) is 5.74. The molecule has 2 aliphatic rings. The summed E-state index contributed by atoms with van der Waals surface area (Å²) in [5, 5.41) is 0. The van der Waals surface area contributed by atoms with Gasteiger partial charge in [0.15, 0.2) is 0 Å². The molecule has 0 amide bonds. The van der Waals surface area contributed by atoms with E-state index in [1.807, 2.05) is 0 Å². The normalized spacial score (nSPS) is 22.5. The molecule has 4 nitrogen and oxygen atoms in total. The van der Waals surface area contributed by atoms with Crippen LogP contribution in [-0.2, 0) is 16.6 Å². The van der Waals surface area contributed by atoms with Crippen molar-refractivity contribution in [3.05, 3.63) is 41.5 Å². The second-order valence-corrected chi connectivity index (χ2v) is 8.82. The summed E-state index contributed by atoms with van der Waals surface area (Å²) in [4.78, 5) is 0. The fourth-order valence-corrected chi connectivity index (χ4v) is 4.74. The molecule has 1 aliphatic heterocycles. The predicted molar refractivity (Wildman–Crippen MR) is 98.9 cm³/mol. The highest BCUT2D eigenvalue weighted by Gasteiger charge is 2.24. The van der Waals surface area contributed by atoms with Gasteiger partial charge in [-0.1, -0.05) is 37.3 Å². The molecule has 1 unspecified atom stereocenters. The highest BCUT2D eigenvalue weighted by molar-refractivity contribution is 7.87. The zero-order chi connectivity index (χ0) is 17.0. The number of nitrogens with zero attached hydrogens (tertiary/aromatic N) is 1. The molecule has 0 radical (unpaired) electrons. The van der Waals surface area contributed by atoms with Gasteiger partial charge < -0.3 is 0 Å². The lowest BCUT2D eigenvalue weighted by Crippen LogP contribution is -2.39. The first kappa shape index (κ1) is 17.6. The standard InChI is InChI=1S/C19H28N2O2S/c1-16-4-8-18(9-5-16)19-10-6-17(7-11-19)12-13-20-24(22,23)21-14-2-3-15-21/h6-8,10-11,16,20H,2-5,9,12-15H2,1H3. The summed E-state index contributed by atoms with van der Waals surface area (Å²) >= 11 is 0. The molecule has 1 N–H and O–H groups in total. The molecule has 1 heterocycles. The molecule has 1 fully saturated rings. The van der Waals surface area contributed by atoms with E-state index in [0.717, 1.165) is 31.6 Å². The van der Waals surface area contributed by atoms with Gasteiger partial charge in [-0.05, 0) is 61.1 Å². The minimum absolute atomic E-state index is 0.457. The monoisotopic (exact) mass is 348 g/mol. The van der Waals surface area contributed by atoms with Gasteiger partial charge in [0.05, 0.1) is 0 Å². The summed E-state index contributed by atoms with van der Waals surface area (Å²) in [6.07, 6.45) is 8.64. The third-order valence-electron chi connectivity index (χ3n) is 5.10. The Balaban J connectivity index is 1.51. The van der Waals surface area contributed by atoms with Crippen molar-refractivity contribution in [2.75, 3.05) is 19.6 Å². The molecule has 0 bridgehead atoms. The molecule has 0 spiro atoms. The molecule has 1 aliphatic carbocycles. The van der Waals surface area contributed by atoms with E-state index in [2.05, 4.69) is 42.0 Å². The minimum Gasteiger partial charge on any atom is -0.202 e. The van der Waals surface area contributed by atoms with Gasteiger partial charge >= 0.3 is 0 Å². The molecule has 132 valence electrons. The van der Waals surface area contributed by atoms with Crippen molar-refractivity contribution in [3.63, 3.8) is 0 Å². The van der Waals surface area contributed by atoms with Crippen LogP contribution < -0.4 is 4.72 Å². The summed E-state index contributed by atoms with van der Waals surface area (Å²) in [7, 11) is -3.29. The van der Waals surface area contributed by atoms with Crippen molar-refractivity contribution in [3.8, 4) is 0 Å². The van der Waals surface area contributed by atoms with Crippen molar-refractivity contribution >= 4 is 15.8 Å². The van der Waals surface area contributed by atoms with Crippen LogP contribution in [0.4, 0.5) is 0 Å². The molecule has 24 heavy (non-hydrogen) atoms.